The number of hydrogen-bond acceptors (Lipinski definition) is 2. The second-order valence-corrected chi connectivity index (χ2v) is 6.03. The third-order valence-electron chi connectivity index (χ3n) is 3.14. The van der Waals surface area contributed by atoms with E-state index in [4.69, 9.17) is 10.5 Å². The molecule has 0 aliphatic rings. The van der Waals surface area contributed by atoms with Gasteiger partial charge in [-0.1, -0.05) is 12.1 Å². The van der Waals surface area contributed by atoms with Gasteiger partial charge in [0.25, 0.3) is 0 Å². The third-order valence-corrected chi connectivity index (χ3v) is 3.76. The van der Waals surface area contributed by atoms with Crippen LogP contribution < -0.4 is 15.8 Å². The number of rotatable bonds is 4. The lowest BCUT2D eigenvalue weighted by molar-refractivity contribution is 0.412. The fourth-order valence-corrected chi connectivity index (χ4v) is 2.81. The first-order chi connectivity index (χ1) is 10.5. The number of nitrogens with two attached hydrogens (primary N) is 1. The van der Waals surface area contributed by atoms with Crippen LogP contribution in [0.5, 0.6) is 5.75 Å². The predicted molar refractivity (Wildman–Crippen MR) is 111 cm³/mol. The van der Waals surface area contributed by atoms with Gasteiger partial charge in [-0.15, -0.1) is 24.0 Å². The maximum Gasteiger partial charge on any atom is 0.193 e. The second kappa shape index (κ2) is 9.12. The van der Waals surface area contributed by atoms with Gasteiger partial charge in [-0.3, -0.25) is 0 Å². The second-order valence-electron chi connectivity index (χ2n) is 5.17. The first kappa shape index (κ1) is 19.8. The van der Waals surface area contributed by atoms with E-state index in [1.54, 1.807) is 7.11 Å². The van der Waals surface area contributed by atoms with Gasteiger partial charge in [0.05, 0.1) is 18.1 Å². The van der Waals surface area contributed by atoms with Crippen LogP contribution >= 0.6 is 39.9 Å². The van der Waals surface area contributed by atoms with Crippen LogP contribution in [-0.2, 0) is 6.54 Å². The van der Waals surface area contributed by atoms with Gasteiger partial charge in [-0.2, -0.15) is 0 Å². The molecule has 0 aromatic heterocycles. The van der Waals surface area contributed by atoms with Gasteiger partial charge < -0.3 is 15.8 Å². The van der Waals surface area contributed by atoms with Gasteiger partial charge in [-0.05, 0) is 70.7 Å². The van der Waals surface area contributed by atoms with Crippen LogP contribution in [0.3, 0.4) is 0 Å². The summed E-state index contributed by atoms with van der Waals surface area (Å²) < 4.78 is 6.11. The third kappa shape index (κ3) is 6.02. The number of anilines is 1. The lowest BCUT2D eigenvalue weighted by Crippen LogP contribution is -2.22. The zero-order valence-corrected chi connectivity index (χ0v) is 17.3. The Morgan fingerprint density at radius 1 is 1.17 bits per heavy atom. The average molecular weight is 490 g/mol. The van der Waals surface area contributed by atoms with Crippen LogP contribution in [0.1, 0.15) is 16.7 Å². The van der Waals surface area contributed by atoms with Gasteiger partial charge in [0, 0.05) is 5.69 Å². The number of hydrogen-bond donors (Lipinski definition) is 2. The molecule has 0 amide bonds. The maximum absolute atomic E-state index is 5.95. The molecule has 0 aliphatic carbocycles. The van der Waals surface area contributed by atoms with Crippen molar-refractivity contribution in [3.05, 3.63) is 57.6 Å². The monoisotopic (exact) mass is 489 g/mol. The highest BCUT2D eigenvalue weighted by Crippen LogP contribution is 2.25. The molecule has 6 heteroatoms. The summed E-state index contributed by atoms with van der Waals surface area (Å²) in [7, 11) is 1.64. The number of halogens is 2. The first-order valence-corrected chi connectivity index (χ1v) is 7.75. The van der Waals surface area contributed by atoms with E-state index in [1.165, 1.54) is 11.1 Å². The van der Waals surface area contributed by atoms with Gasteiger partial charge in [0.15, 0.2) is 5.96 Å². The van der Waals surface area contributed by atoms with Crippen LogP contribution in [-0.4, -0.2) is 13.1 Å². The highest BCUT2D eigenvalue weighted by atomic mass is 127. The molecule has 0 fully saturated rings. The summed E-state index contributed by atoms with van der Waals surface area (Å²) in [6.07, 6.45) is 0. The van der Waals surface area contributed by atoms with E-state index in [-0.39, 0.29) is 24.0 Å². The fourth-order valence-electron chi connectivity index (χ4n) is 2.22. The standard InChI is InChI=1S/C17H20BrN3O.HI/c1-11-6-12(2)8-14(7-11)21-17(19)20-10-13-4-5-16(22-3)15(18)9-13;/h4-9H,10H2,1-3H3,(H3,19,20,21);1H. The predicted octanol–water partition coefficient (Wildman–Crippen LogP) is 4.62. The highest BCUT2D eigenvalue weighted by Gasteiger charge is 2.02. The van der Waals surface area contributed by atoms with Crippen LogP contribution in [0.15, 0.2) is 45.9 Å². The molecular formula is C17H21BrIN3O. The van der Waals surface area contributed by atoms with Gasteiger partial charge in [0.1, 0.15) is 5.75 Å². The summed E-state index contributed by atoms with van der Waals surface area (Å²) in [6.45, 7) is 4.62. The van der Waals surface area contributed by atoms with Crippen molar-refractivity contribution in [1.82, 2.24) is 0 Å². The molecule has 0 atom stereocenters. The normalized spacial score (nSPS) is 10.9. The number of ether oxygens (including phenoxy) is 1. The van der Waals surface area contributed by atoms with Crippen molar-refractivity contribution in [2.75, 3.05) is 12.4 Å². The zero-order valence-electron chi connectivity index (χ0n) is 13.4. The molecule has 0 unspecified atom stereocenters. The molecule has 0 bridgehead atoms. The topological polar surface area (TPSA) is 59.6 Å². The van der Waals surface area contributed by atoms with Crippen molar-refractivity contribution in [2.24, 2.45) is 10.7 Å². The Hall–Kier alpha value is -1.28. The zero-order chi connectivity index (χ0) is 16.1. The molecule has 124 valence electrons. The van der Waals surface area contributed by atoms with Crippen molar-refractivity contribution >= 4 is 51.6 Å². The number of nitrogens with zero attached hydrogens (tertiary/aromatic N) is 1. The smallest absolute Gasteiger partial charge is 0.193 e. The Labute approximate surface area is 162 Å². The Morgan fingerprint density at radius 2 is 1.83 bits per heavy atom. The molecule has 0 heterocycles. The number of benzene rings is 2. The molecule has 0 aliphatic heterocycles. The molecule has 0 saturated carbocycles. The summed E-state index contributed by atoms with van der Waals surface area (Å²) in [4.78, 5) is 4.37. The Morgan fingerprint density at radius 3 is 2.39 bits per heavy atom. The van der Waals surface area contributed by atoms with Gasteiger partial charge in [-0.25, -0.2) is 4.99 Å². The molecule has 0 saturated heterocycles. The summed E-state index contributed by atoms with van der Waals surface area (Å²) in [5.41, 5.74) is 10.3. The number of methoxy groups -OCH3 is 1. The van der Waals surface area contributed by atoms with Crippen LogP contribution in [0.25, 0.3) is 0 Å². The number of nitrogens with one attached hydrogen (secondary N) is 1. The first-order valence-electron chi connectivity index (χ1n) is 6.95. The SMILES string of the molecule is COc1ccc(CN=C(N)Nc2cc(C)cc(C)c2)cc1Br.I. The van der Waals surface area contributed by atoms with Crippen molar-refractivity contribution in [1.29, 1.82) is 0 Å². The fraction of sp³-hybridized carbons (Fsp3) is 0.235. The Bertz CT molecular complexity index is 684. The number of guanidine groups is 1. The van der Waals surface area contributed by atoms with E-state index < -0.39 is 0 Å². The average Bonchev–Trinajstić information content (AvgIpc) is 2.44. The lowest BCUT2D eigenvalue weighted by Gasteiger charge is -2.08. The van der Waals surface area contributed by atoms with E-state index in [2.05, 4.69) is 46.2 Å². The molecule has 3 N–H and O–H groups in total. The van der Waals surface area contributed by atoms with Gasteiger partial charge in [0.2, 0.25) is 0 Å². The summed E-state index contributed by atoms with van der Waals surface area (Å²) in [5, 5.41) is 3.12. The molecule has 0 spiro atoms. The molecule has 4 nitrogen and oxygen atoms in total. The Balaban J connectivity index is 0.00000264. The number of aliphatic imine (C=N–C) groups is 1. The molecule has 0 radical (unpaired) electrons. The minimum atomic E-state index is 0. The van der Waals surface area contributed by atoms with E-state index >= 15 is 0 Å². The minimum absolute atomic E-state index is 0. The molecule has 2 aromatic carbocycles. The van der Waals surface area contributed by atoms with Crippen molar-refractivity contribution in [2.45, 2.75) is 20.4 Å². The van der Waals surface area contributed by atoms with Crippen LogP contribution in [0.2, 0.25) is 0 Å². The molecule has 2 aromatic rings. The summed E-state index contributed by atoms with van der Waals surface area (Å²) >= 11 is 3.46. The molecule has 2 rings (SSSR count). The van der Waals surface area contributed by atoms with Crippen molar-refractivity contribution in [3.63, 3.8) is 0 Å². The summed E-state index contributed by atoms with van der Waals surface area (Å²) in [6, 6.07) is 12.1. The summed E-state index contributed by atoms with van der Waals surface area (Å²) in [5.74, 6) is 1.20. The molecule has 23 heavy (non-hydrogen) atoms. The highest BCUT2D eigenvalue weighted by molar-refractivity contribution is 14.0. The Kier molecular flexibility index (Phi) is 7.84. The molecular weight excluding hydrogens is 469 g/mol. The van der Waals surface area contributed by atoms with E-state index in [0.717, 1.165) is 21.5 Å². The lowest BCUT2D eigenvalue weighted by atomic mass is 10.1. The van der Waals surface area contributed by atoms with Crippen LogP contribution in [0.4, 0.5) is 5.69 Å². The van der Waals surface area contributed by atoms with E-state index in [1.807, 2.05) is 30.3 Å². The van der Waals surface area contributed by atoms with Crippen LogP contribution in [0, 0.1) is 13.8 Å². The van der Waals surface area contributed by atoms with E-state index in [9.17, 15) is 0 Å². The van der Waals surface area contributed by atoms with Gasteiger partial charge >= 0.3 is 0 Å². The van der Waals surface area contributed by atoms with Crippen molar-refractivity contribution in [3.8, 4) is 5.75 Å². The maximum atomic E-state index is 5.95. The van der Waals surface area contributed by atoms with E-state index in [0.29, 0.717) is 12.5 Å². The quantitative estimate of drug-likeness (QED) is 0.374. The largest absolute Gasteiger partial charge is 0.496 e. The van der Waals surface area contributed by atoms with Crippen molar-refractivity contribution < 1.29 is 4.74 Å². The minimum Gasteiger partial charge on any atom is -0.496 e. The number of aryl methyl sites for hydroxylation is 2.